The summed E-state index contributed by atoms with van der Waals surface area (Å²) in [5.74, 6) is 0.0867. The molecule has 0 aromatic heterocycles. The van der Waals surface area contributed by atoms with Gasteiger partial charge in [-0.1, -0.05) is 54.6 Å². The monoisotopic (exact) mass is 450 g/mol. The molecular weight excluding hydrogens is 424 g/mol. The van der Waals surface area contributed by atoms with Gasteiger partial charge in [0, 0.05) is 36.7 Å². The highest BCUT2D eigenvalue weighted by molar-refractivity contribution is 5.94. The Morgan fingerprint density at radius 2 is 1.76 bits per heavy atom. The zero-order valence-electron chi connectivity index (χ0n) is 18.8. The van der Waals surface area contributed by atoms with Crippen LogP contribution in [0.2, 0.25) is 0 Å². The summed E-state index contributed by atoms with van der Waals surface area (Å²) in [4.78, 5) is 27.6. The first-order valence-electron chi connectivity index (χ1n) is 11.6. The Hall–Kier alpha value is -4.11. The van der Waals surface area contributed by atoms with Gasteiger partial charge in [-0.05, 0) is 41.8 Å². The van der Waals surface area contributed by atoms with E-state index in [4.69, 9.17) is 0 Å². The van der Waals surface area contributed by atoms with E-state index in [2.05, 4.69) is 28.8 Å². The Balaban J connectivity index is 1.35. The molecule has 2 amide bonds. The minimum absolute atomic E-state index is 0.0323. The summed E-state index contributed by atoms with van der Waals surface area (Å²) in [6.45, 7) is 0.965. The maximum Gasteiger partial charge on any atom is 0.251 e. The largest absolute Gasteiger partial charge is 0.378 e. The molecule has 1 saturated heterocycles. The minimum atomic E-state index is -0.173. The second-order valence-corrected chi connectivity index (χ2v) is 8.80. The van der Waals surface area contributed by atoms with Crippen molar-refractivity contribution in [3.8, 4) is 6.07 Å². The molecule has 34 heavy (non-hydrogen) atoms. The molecule has 6 heteroatoms. The van der Waals surface area contributed by atoms with Gasteiger partial charge < -0.3 is 15.5 Å². The molecule has 2 N–H and O–H groups in total. The summed E-state index contributed by atoms with van der Waals surface area (Å²) in [5.41, 5.74) is 4.31. The number of carbonyl (C=O) groups is 2. The number of hydrogen-bond acceptors (Lipinski definition) is 4. The normalized spacial score (nSPS) is 20.4. The Labute approximate surface area is 199 Å². The van der Waals surface area contributed by atoms with Crippen molar-refractivity contribution >= 4 is 17.5 Å². The highest BCUT2D eigenvalue weighted by Gasteiger charge is 2.46. The highest BCUT2D eigenvalue weighted by atomic mass is 16.2. The van der Waals surface area contributed by atoms with E-state index < -0.39 is 0 Å². The molecule has 3 aromatic rings. The molecule has 2 aliphatic rings. The zero-order chi connectivity index (χ0) is 23.5. The van der Waals surface area contributed by atoms with Crippen molar-refractivity contribution < 1.29 is 9.59 Å². The van der Waals surface area contributed by atoms with Gasteiger partial charge in [-0.15, -0.1) is 0 Å². The fraction of sp³-hybridized carbons (Fsp3) is 0.250. The van der Waals surface area contributed by atoms with Crippen LogP contribution in [0.15, 0.2) is 78.9 Å². The standard InChI is InChI=1S/C28H26N4O2/c29-18-19-11-12-22-24(17-19)31-26(20-7-3-1-4-8-20)23-14-16-32(27(22)23)25(33)13-15-30-28(34)21-9-5-2-6-10-21/h1-12,17,23,26-27,31H,13-16H2,(H,30,34)/t23-,26+,27+/m0/s1. The number of rotatable bonds is 5. The number of amides is 2. The molecule has 1 fully saturated rings. The maximum absolute atomic E-state index is 13.3. The van der Waals surface area contributed by atoms with Gasteiger partial charge in [0.1, 0.15) is 0 Å². The number of likely N-dealkylation sites (tertiary alicyclic amines) is 1. The lowest BCUT2D eigenvalue weighted by molar-refractivity contribution is -0.132. The number of benzene rings is 3. The number of anilines is 1. The molecule has 0 aliphatic carbocycles. The molecule has 5 rings (SSSR count). The van der Waals surface area contributed by atoms with Crippen LogP contribution < -0.4 is 10.6 Å². The Kier molecular flexibility index (Phi) is 6.01. The van der Waals surface area contributed by atoms with Crippen LogP contribution in [0.25, 0.3) is 0 Å². The van der Waals surface area contributed by atoms with Crippen LogP contribution in [0, 0.1) is 17.2 Å². The Morgan fingerprint density at radius 1 is 1.03 bits per heavy atom. The zero-order valence-corrected chi connectivity index (χ0v) is 18.8. The lowest BCUT2D eigenvalue weighted by Gasteiger charge is -2.40. The minimum Gasteiger partial charge on any atom is -0.378 e. The van der Waals surface area contributed by atoms with Crippen LogP contribution in [-0.2, 0) is 4.79 Å². The third-order valence-corrected chi connectivity index (χ3v) is 6.82. The molecule has 2 heterocycles. The number of nitrogens with zero attached hydrogens (tertiary/aromatic N) is 2. The summed E-state index contributed by atoms with van der Waals surface area (Å²) in [6, 6.07) is 27.2. The van der Waals surface area contributed by atoms with Crippen molar-refractivity contribution in [3.63, 3.8) is 0 Å². The summed E-state index contributed by atoms with van der Waals surface area (Å²) in [6.07, 6.45) is 1.13. The number of nitriles is 1. The van der Waals surface area contributed by atoms with Crippen LogP contribution in [-0.4, -0.2) is 29.8 Å². The average molecular weight is 451 g/mol. The van der Waals surface area contributed by atoms with Crippen LogP contribution in [0.1, 0.15) is 52.0 Å². The fourth-order valence-corrected chi connectivity index (χ4v) is 5.24. The highest BCUT2D eigenvalue weighted by Crippen LogP contribution is 2.51. The van der Waals surface area contributed by atoms with Crippen LogP contribution >= 0.6 is 0 Å². The predicted molar refractivity (Wildman–Crippen MR) is 130 cm³/mol. The van der Waals surface area contributed by atoms with Crippen molar-refractivity contribution in [2.24, 2.45) is 5.92 Å². The number of carbonyl (C=O) groups excluding carboxylic acids is 2. The van der Waals surface area contributed by atoms with E-state index in [0.29, 0.717) is 24.2 Å². The van der Waals surface area contributed by atoms with Crippen molar-refractivity contribution in [1.82, 2.24) is 10.2 Å². The van der Waals surface area contributed by atoms with Crippen molar-refractivity contribution in [2.75, 3.05) is 18.4 Å². The molecular formula is C28H26N4O2. The topological polar surface area (TPSA) is 85.2 Å². The second-order valence-electron chi connectivity index (χ2n) is 8.80. The molecule has 2 aliphatic heterocycles. The third-order valence-electron chi connectivity index (χ3n) is 6.82. The van der Waals surface area contributed by atoms with Crippen LogP contribution in [0.4, 0.5) is 5.69 Å². The molecule has 3 atom stereocenters. The predicted octanol–water partition coefficient (Wildman–Crippen LogP) is 4.43. The van der Waals surface area contributed by atoms with E-state index in [1.807, 2.05) is 59.5 Å². The van der Waals surface area contributed by atoms with E-state index >= 15 is 0 Å². The van der Waals surface area contributed by atoms with Crippen molar-refractivity contribution in [2.45, 2.75) is 24.9 Å². The summed E-state index contributed by atoms with van der Waals surface area (Å²) in [5, 5.41) is 15.9. The van der Waals surface area contributed by atoms with Crippen LogP contribution in [0.3, 0.4) is 0 Å². The molecule has 0 spiro atoms. The fourth-order valence-electron chi connectivity index (χ4n) is 5.24. The number of hydrogen-bond donors (Lipinski definition) is 2. The first-order chi connectivity index (χ1) is 16.7. The van der Waals surface area contributed by atoms with Crippen LogP contribution in [0.5, 0.6) is 0 Å². The van der Waals surface area contributed by atoms with Gasteiger partial charge >= 0.3 is 0 Å². The van der Waals surface area contributed by atoms with Crippen molar-refractivity contribution in [1.29, 1.82) is 5.26 Å². The molecule has 0 unspecified atom stereocenters. The molecule has 0 radical (unpaired) electrons. The van der Waals surface area contributed by atoms with Gasteiger partial charge in [0.25, 0.3) is 5.91 Å². The number of fused-ring (bicyclic) bond motifs is 3. The van der Waals surface area contributed by atoms with E-state index in [0.717, 1.165) is 17.7 Å². The summed E-state index contributed by atoms with van der Waals surface area (Å²) < 4.78 is 0. The summed E-state index contributed by atoms with van der Waals surface area (Å²) >= 11 is 0. The van der Waals surface area contributed by atoms with Gasteiger partial charge in [-0.25, -0.2) is 0 Å². The smallest absolute Gasteiger partial charge is 0.251 e. The lowest BCUT2D eigenvalue weighted by atomic mass is 9.79. The summed E-state index contributed by atoms with van der Waals surface area (Å²) in [7, 11) is 0. The molecule has 3 aromatic carbocycles. The lowest BCUT2D eigenvalue weighted by Crippen LogP contribution is -2.39. The maximum atomic E-state index is 13.3. The molecule has 170 valence electrons. The number of nitrogens with one attached hydrogen (secondary N) is 2. The Morgan fingerprint density at radius 3 is 2.50 bits per heavy atom. The molecule has 0 bridgehead atoms. The van der Waals surface area contributed by atoms with E-state index in [1.165, 1.54) is 5.56 Å². The molecule has 0 saturated carbocycles. The SMILES string of the molecule is N#Cc1ccc2c(c1)N[C@H](c1ccccc1)[C@@H]1CCN(C(=O)CCNC(=O)c3ccccc3)[C@H]21. The van der Waals surface area contributed by atoms with Crippen molar-refractivity contribution in [3.05, 3.63) is 101 Å². The van der Waals surface area contributed by atoms with E-state index in [1.54, 1.807) is 12.1 Å². The third kappa shape index (κ3) is 4.13. The Bertz CT molecular complexity index is 1240. The first-order valence-corrected chi connectivity index (χ1v) is 11.6. The van der Waals surface area contributed by atoms with E-state index in [-0.39, 0.29) is 36.2 Å². The van der Waals surface area contributed by atoms with Gasteiger partial charge in [0.2, 0.25) is 5.91 Å². The van der Waals surface area contributed by atoms with Gasteiger partial charge in [-0.2, -0.15) is 5.26 Å². The second kappa shape index (κ2) is 9.40. The van der Waals surface area contributed by atoms with Gasteiger partial charge in [0.15, 0.2) is 0 Å². The van der Waals surface area contributed by atoms with Gasteiger partial charge in [0.05, 0.1) is 23.7 Å². The molecule has 6 nitrogen and oxygen atoms in total. The van der Waals surface area contributed by atoms with Gasteiger partial charge in [-0.3, -0.25) is 9.59 Å². The van der Waals surface area contributed by atoms with E-state index in [9.17, 15) is 14.9 Å². The first kappa shape index (κ1) is 21.7. The quantitative estimate of drug-likeness (QED) is 0.602. The average Bonchev–Trinajstić information content (AvgIpc) is 3.34.